The van der Waals surface area contributed by atoms with Crippen LogP contribution in [0.1, 0.15) is 29.8 Å². The third kappa shape index (κ3) is 4.32. The summed E-state index contributed by atoms with van der Waals surface area (Å²) in [6, 6.07) is 16.4. The van der Waals surface area contributed by atoms with Crippen LogP contribution in [0.4, 0.5) is 0 Å². The van der Waals surface area contributed by atoms with Gasteiger partial charge >= 0.3 is 0 Å². The van der Waals surface area contributed by atoms with Crippen LogP contribution < -0.4 is 19.5 Å². The molecule has 0 fully saturated rings. The van der Waals surface area contributed by atoms with Gasteiger partial charge in [-0.1, -0.05) is 6.07 Å². The standard InChI is InChI=1S/C23H22N2O4/c1-23(2,17-7-10-20-21(14-17)28-13-12-27-20)25-22(26)16-5-8-18(9-6-16)29-19-4-3-11-24-15-19/h3-11,14-15H,12-13H2,1-2H3,(H,25,26). The predicted octanol–water partition coefficient (Wildman–Crippen LogP) is 4.31. The van der Waals surface area contributed by atoms with Gasteiger partial charge < -0.3 is 19.5 Å². The lowest BCUT2D eigenvalue weighted by molar-refractivity contribution is 0.0911. The summed E-state index contributed by atoms with van der Waals surface area (Å²) in [6.07, 6.45) is 3.32. The summed E-state index contributed by atoms with van der Waals surface area (Å²) in [7, 11) is 0. The molecule has 148 valence electrons. The van der Waals surface area contributed by atoms with E-state index in [1.165, 1.54) is 0 Å². The Morgan fingerprint density at radius 3 is 2.48 bits per heavy atom. The average Bonchev–Trinajstić information content (AvgIpc) is 2.74. The molecule has 0 spiro atoms. The predicted molar refractivity (Wildman–Crippen MR) is 109 cm³/mol. The van der Waals surface area contributed by atoms with E-state index in [9.17, 15) is 4.79 Å². The molecule has 29 heavy (non-hydrogen) atoms. The van der Waals surface area contributed by atoms with Gasteiger partial charge in [-0.2, -0.15) is 0 Å². The molecule has 2 heterocycles. The fourth-order valence-electron chi connectivity index (χ4n) is 3.08. The Balaban J connectivity index is 1.45. The number of benzene rings is 2. The number of amides is 1. The van der Waals surface area contributed by atoms with Crippen molar-refractivity contribution in [1.82, 2.24) is 10.3 Å². The fourth-order valence-corrected chi connectivity index (χ4v) is 3.08. The minimum Gasteiger partial charge on any atom is -0.486 e. The molecular weight excluding hydrogens is 368 g/mol. The Morgan fingerprint density at radius 2 is 1.76 bits per heavy atom. The summed E-state index contributed by atoms with van der Waals surface area (Å²) in [5.74, 6) is 2.54. The normalized spacial score (nSPS) is 12.9. The molecule has 0 radical (unpaired) electrons. The number of hydrogen-bond donors (Lipinski definition) is 1. The van der Waals surface area contributed by atoms with Crippen LogP contribution in [-0.2, 0) is 5.54 Å². The molecule has 1 aliphatic rings. The van der Waals surface area contributed by atoms with E-state index in [0.29, 0.717) is 36.0 Å². The van der Waals surface area contributed by atoms with E-state index in [1.54, 1.807) is 42.7 Å². The molecule has 6 heteroatoms. The van der Waals surface area contributed by atoms with Crippen LogP contribution in [0.2, 0.25) is 0 Å². The van der Waals surface area contributed by atoms with Crippen LogP contribution >= 0.6 is 0 Å². The van der Waals surface area contributed by atoms with Crippen LogP contribution in [0.15, 0.2) is 67.0 Å². The van der Waals surface area contributed by atoms with Crippen molar-refractivity contribution in [1.29, 1.82) is 0 Å². The second-order valence-corrected chi connectivity index (χ2v) is 7.25. The molecule has 1 aliphatic heterocycles. The number of fused-ring (bicyclic) bond motifs is 1. The molecule has 0 atom stereocenters. The van der Waals surface area contributed by atoms with E-state index in [4.69, 9.17) is 14.2 Å². The minimum atomic E-state index is -0.586. The van der Waals surface area contributed by atoms with E-state index in [-0.39, 0.29) is 5.91 Å². The van der Waals surface area contributed by atoms with Crippen LogP contribution in [0.25, 0.3) is 0 Å². The maximum atomic E-state index is 12.8. The van der Waals surface area contributed by atoms with Crippen molar-refractivity contribution in [3.05, 3.63) is 78.1 Å². The van der Waals surface area contributed by atoms with Crippen molar-refractivity contribution < 1.29 is 19.0 Å². The van der Waals surface area contributed by atoms with Crippen LogP contribution in [0.5, 0.6) is 23.0 Å². The van der Waals surface area contributed by atoms with Gasteiger partial charge in [0.15, 0.2) is 11.5 Å². The monoisotopic (exact) mass is 390 g/mol. The number of rotatable bonds is 5. The largest absolute Gasteiger partial charge is 0.486 e. The Morgan fingerprint density at radius 1 is 1.00 bits per heavy atom. The van der Waals surface area contributed by atoms with Gasteiger partial charge in [-0.05, 0) is 67.9 Å². The lowest BCUT2D eigenvalue weighted by atomic mass is 9.93. The van der Waals surface area contributed by atoms with Gasteiger partial charge in [-0.15, -0.1) is 0 Å². The van der Waals surface area contributed by atoms with E-state index in [1.807, 2.05) is 38.1 Å². The van der Waals surface area contributed by atoms with Crippen LogP contribution in [0.3, 0.4) is 0 Å². The maximum Gasteiger partial charge on any atom is 0.251 e. The Labute approximate surface area is 169 Å². The molecule has 6 nitrogen and oxygen atoms in total. The van der Waals surface area contributed by atoms with Gasteiger partial charge in [-0.25, -0.2) is 0 Å². The Hall–Kier alpha value is -3.54. The number of hydrogen-bond acceptors (Lipinski definition) is 5. The number of carbonyl (C=O) groups excluding carboxylic acids is 1. The first-order valence-corrected chi connectivity index (χ1v) is 9.42. The molecular formula is C23H22N2O4. The molecule has 0 saturated heterocycles. The van der Waals surface area contributed by atoms with Gasteiger partial charge in [-0.3, -0.25) is 9.78 Å². The van der Waals surface area contributed by atoms with E-state index >= 15 is 0 Å². The molecule has 4 rings (SSSR count). The molecule has 1 aromatic heterocycles. The molecule has 0 saturated carbocycles. The van der Waals surface area contributed by atoms with Crippen molar-refractivity contribution >= 4 is 5.91 Å². The topological polar surface area (TPSA) is 69.7 Å². The summed E-state index contributed by atoms with van der Waals surface area (Å²) in [5, 5.41) is 3.08. The highest BCUT2D eigenvalue weighted by Crippen LogP contribution is 2.34. The molecule has 2 aromatic carbocycles. The molecule has 3 aromatic rings. The summed E-state index contributed by atoms with van der Waals surface area (Å²) in [4.78, 5) is 16.8. The summed E-state index contributed by atoms with van der Waals surface area (Å²) in [6.45, 7) is 4.98. The first-order valence-electron chi connectivity index (χ1n) is 9.42. The zero-order chi connectivity index (χ0) is 20.3. The number of carbonyl (C=O) groups is 1. The minimum absolute atomic E-state index is 0.169. The van der Waals surface area contributed by atoms with Gasteiger partial charge in [0.2, 0.25) is 0 Å². The van der Waals surface area contributed by atoms with Crippen LogP contribution in [-0.4, -0.2) is 24.1 Å². The highest BCUT2D eigenvalue weighted by Gasteiger charge is 2.25. The first-order chi connectivity index (χ1) is 14.0. The molecule has 0 unspecified atom stereocenters. The first kappa shape index (κ1) is 18.8. The van der Waals surface area contributed by atoms with E-state index < -0.39 is 5.54 Å². The van der Waals surface area contributed by atoms with Gasteiger partial charge in [0.25, 0.3) is 5.91 Å². The third-order valence-corrected chi connectivity index (χ3v) is 4.68. The van der Waals surface area contributed by atoms with Gasteiger partial charge in [0, 0.05) is 11.8 Å². The summed E-state index contributed by atoms with van der Waals surface area (Å²) in [5.41, 5.74) is 0.901. The number of ether oxygens (including phenoxy) is 3. The van der Waals surface area contributed by atoms with Gasteiger partial charge in [0.1, 0.15) is 24.7 Å². The number of pyridine rings is 1. The lowest BCUT2D eigenvalue weighted by Crippen LogP contribution is -2.41. The zero-order valence-corrected chi connectivity index (χ0v) is 16.3. The number of nitrogens with one attached hydrogen (secondary N) is 1. The number of nitrogens with zero attached hydrogens (tertiary/aromatic N) is 1. The molecule has 1 amide bonds. The van der Waals surface area contributed by atoms with Crippen LogP contribution in [0, 0.1) is 0 Å². The summed E-state index contributed by atoms with van der Waals surface area (Å²) >= 11 is 0. The Bertz CT molecular complexity index is 1000. The fraction of sp³-hybridized carbons (Fsp3) is 0.217. The quantitative estimate of drug-likeness (QED) is 0.703. The average molecular weight is 390 g/mol. The summed E-state index contributed by atoms with van der Waals surface area (Å²) < 4.78 is 16.9. The second-order valence-electron chi connectivity index (χ2n) is 7.25. The van der Waals surface area contributed by atoms with Crippen molar-refractivity contribution in [3.63, 3.8) is 0 Å². The van der Waals surface area contributed by atoms with Crippen molar-refractivity contribution in [3.8, 4) is 23.0 Å². The smallest absolute Gasteiger partial charge is 0.251 e. The van der Waals surface area contributed by atoms with Crippen molar-refractivity contribution in [2.45, 2.75) is 19.4 Å². The van der Waals surface area contributed by atoms with E-state index in [0.717, 1.165) is 11.3 Å². The number of aromatic nitrogens is 1. The maximum absolute atomic E-state index is 12.8. The second kappa shape index (κ2) is 7.83. The van der Waals surface area contributed by atoms with Crippen molar-refractivity contribution in [2.24, 2.45) is 0 Å². The molecule has 0 aliphatic carbocycles. The third-order valence-electron chi connectivity index (χ3n) is 4.68. The molecule has 0 bridgehead atoms. The van der Waals surface area contributed by atoms with Crippen molar-refractivity contribution in [2.75, 3.05) is 13.2 Å². The van der Waals surface area contributed by atoms with E-state index in [2.05, 4.69) is 10.3 Å². The zero-order valence-electron chi connectivity index (χ0n) is 16.3. The molecule has 1 N–H and O–H groups in total. The lowest BCUT2D eigenvalue weighted by Gasteiger charge is -2.28. The Kier molecular flexibility index (Phi) is 5.08. The SMILES string of the molecule is CC(C)(NC(=O)c1ccc(Oc2cccnc2)cc1)c1ccc2c(c1)OCCO2. The highest BCUT2D eigenvalue weighted by molar-refractivity contribution is 5.94. The highest BCUT2D eigenvalue weighted by atomic mass is 16.6. The van der Waals surface area contributed by atoms with Gasteiger partial charge in [0.05, 0.1) is 11.7 Å².